The molecule has 3 nitrogen and oxygen atoms in total. The number of hydrogen-bond acceptors (Lipinski definition) is 2. The minimum atomic E-state index is -0.640. The Labute approximate surface area is 104 Å². The van der Waals surface area contributed by atoms with Gasteiger partial charge in [-0.05, 0) is 23.7 Å². The fraction of sp³-hybridized carbons (Fsp3) is 0.929. The molecule has 0 radical (unpaired) electrons. The second-order valence-electron chi connectivity index (χ2n) is 7.03. The van der Waals surface area contributed by atoms with E-state index in [-0.39, 0.29) is 22.7 Å². The van der Waals surface area contributed by atoms with E-state index in [1.54, 1.807) is 0 Å². The van der Waals surface area contributed by atoms with Gasteiger partial charge in [0.2, 0.25) is 5.91 Å². The third kappa shape index (κ3) is 1.99. The Bertz CT molecular complexity index is 313. The molecule has 2 N–H and O–H groups in total. The Morgan fingerprint density at radius 1 is 1.18 bits per heavy atom. The zero-order chi connectivity index (χ0) is 12.9. The molecule has 3 heteroatoms. The monoisotopic (exact) mass is 239 g/mol. The lowest BCUT2D eigenvalue weighted by atomic mass is 10.0. The van der Waals surface area contributed by atoms with Gasteiger partial charge in [-0.25, -0.2) is 0 Å². The molecule has 0 aromatic rings. The van der Waals surface area contributed by atoms with Crippen LogP contribution in [0, 0.1) is 16.7 Å². The molecule has 0 bridgehead atoms. The topological polar surface area (TPSA) is 49.3 Å². The average molecular weight is 239 g/mol. The summed E-state index contributed by atoms with van der Waals surface area (Å²) >= 11 is 0. The van der Waals surface area contributed by atoms with Gasteiger partial charge in [0.15, 0.2) is 0 Å². The van der Waals surface area contributed by atoms with E-state index < -0.39 is 5.60 Å². The summed E-state index contributed by atoms with van der Waals surface area (Å²) in [4.78, 5) is 12.1. The van der Waals surface area contributed by atoms with Gasteiger partial charge in [-0.1, -0.05) is 40.5 Å². The van der Waals surface area contributed by atoms with Gasteiger partial charge in [-0.3, -0.25) is 4.79 Å². The Morgan fingerprint density at radius 2 is 1.65 bits per heavy atom. The molecule has 2 rings (SSSR count). The summed E-state index contributed by atoms with van der Waals surface area (Å²) in [5.74, 6) is 0.195. The molecule has 0 aromatic heterocycles. The van der Waals surface area contributed by atoms with Gasteiger partial charge >= 0.3 is 0 Å². The molecule has 98 valence electrons. The summed E-state index contributed by atoms with van der Waals surface area (Å²) in [6, 6.07) is 0. The molecule has 0 spiro atoms. The lowest BCUT2D eigenvalue weighted by Gasteiger charge is -2.22. The number of amides is 1. The van der Waals surface area contributed by atoms with Crippen molar-refractivity contribution < 1.29 is 9.90 Å². The van der Waals surface area contributed by atoms with Crippen molar-refractivity contribution in [3.63, 3.8) is 0 Å². The lowest BCUT2D eigenvalue weighted by Crippen LogP contribution is -2.42. The molecule has 17 heavy (non-hydrogen) atoms. The van der Waals surface area contributed by atoms with Crippen LogP contribution in [-0.4, -0.2) is 23.2 Å². The van der Waals surface area contributed by atoms with Crippen molar-refractivity contribution in [2.45, 2.75) is 59.0 Å². The smallest absolute Gasteiger partial charge is 0.224 e. The zero-order valence-electron chi connectivity index (χ0n) is 11.5. The van der Waals surface area contributed by atoms with Crippen molar-refractivity contribution in [2.24, 2.45) is 16.7 Å². The number of carbonyl (C=O) groups excluding carboxylic acids is 1. The minimum absolute atomic E-state index is 0.0787. The molecule has 0 aliphatic heterocycles. The summed E-state index contributed by atoms with van der Waals surface area (Å²) < 4.78 is 0. The molecular formula is C14H25NO2. The van der Waals surface area contributed by atoms with Gasteiger partial charge in [0.05, 0.1) is 5.60 Å². The van der Waals surface area contributed by atoms with E-state index >= 15 is 0 Å². The summed E-state index contributed by atoms with van der Waals surface area (Å²) in [6.45, 7) is 8.99. The summed E-state index contributed by atoms with van der Waals surface area (Å²) in [5, 5.41) is 13.1. The van der Waals surface area contributed by atoms with Gasteiger partial charge < -0.3 is 10.4 Å². The second kappa shape index (κ2) is 3.71. The van der Waals surface area contributed by atoms with Gasteiger partial charge in [0.1, 0.15) is 0 Å². The SMILES string of the molecule is CC1(C)C(C(=O)NCC2(O)CCCC2)C1(C)C. The van der Waals surface area contributed by atoms with E-state index in [1.165, 1.54) is 0 Å². The molecular weight excluding hydrogens is 214 g/mol. The van der Waals surface area contributed by atoms with Crippen molar-refractivity contribution in [2.75, 3.05) is 6.54 Å². The van der Waals surface area contributed by atoms with E-state index in [9.17, 15) is 9.90 Å². The van der Waals surface area contributed by atoms with Crippen LogP contribution in [0.5, 0.6) is 0 Å². The van der Waals surface area contributed by atoms with Crippen LogP contribution in [0.2, 0.25) is 0 Å². The third-order valence-electron chi connectivity index (χ3n) is 5.41. The second-order valence-corrected chi connectivity index (χ2v) is 7.03. The van der Waals surface area contributed by atoms with Crippen molar-refractivity contribution in [1.29, 1.82) is 0 Å². The van der Waals surface area contributed by atoms with E-state index in [2.05, 4.69) is 33.0 Å². The number of carbonyl (C=O) groups is 1. The van der Waals surface area contributed by atoms with Crippen LogP contribution in [0.1, 0.15) is 53.4 Å². The molecule has 0 heterocycles. The first-order valence-corrected chi connectivity index (χ1v) is 6.71. The Balaban J connectivity index is 1.87. The quantitative estimate of drug-likeness (QED) is 0.792. The highest BCUT2D eigenvalue weighted by molar-refractivity contribution is 5.84. The van der Waals surface area contributed by atoms with Crippen LogP contribution in [0.4, 0.5) is 0 Å². The van der Waals surface area contributed by atoms with Crippen LogP contribution >= 0.6 is 0 Å². The Morgan fingerprint density at radius 3 is 2.06 bits per heavy atom. The van der Waals surface area contributed by atoms with Gasteiger partial charge in [-0.15, -0.1) is 0 Å². The largest absolute Gasteiger partial charge is 0.388 e. The van der Waals surface area contributed by atoms with E-state index in [0.717, 1.165) is 25.7 Å². The summed E-state index contributed by atoms with van der Waals surface area (Å²) in [6.07, 6.45) is 3.80. The molecule has 2 aliphatic carbocycles. The summed E-state index contributed by atoms with van der Waals surface area (Å²) in [5.41, 5.74) is -0.483. The maximum Gasteiger partial charge on any atom is 0.224 e. The molecule has 2 aliphatic rings. The van der Waals surface area contributed by atoms with Crippen molar-refractivity contribution in [3.05, 3.63) is 0 Å². The summed E-state index contributed by atoms with van der Waals surface area (Å²) in [7, 11) is 0. The molecule has 0 saturated heterocycles. The Kier molecular flexibility index (Phi) is 2.81. The number of hydrogen-bond donors (Lipinski definition) is 2. The normalized spacial score (nSPS) is 29.0. The van der Waals surface area contributed by atoms with Gasteiger partial charge in [-0.2, -0.15) is 0 Å². The molecule has 1 amide bonds. The fourth-order valence-corrected chi connectivity index (χ4v) is 3.42. The van der Waals surface area contributed by atoms with Crippen LogP contribution in [0.3, 0.4) is 0 Å². The minimum Gasteiger partial charge on any atom is -0.388 e. The third-order valence-corrected chi connectivity index (χ3v) is 5.41. The predicted octanol–water partition coefficient (Wildman–Crippen LogP) is 2.09. The van der Waals surface area contributed by atoms with Crippen LogP contribution in [0.15, 0.2) is 0 Å². The maximum absolute atomic E-state index is 12.1. The van der Waals surface area contributed by atoms with E-state index in [1.807, 2.05) is 0 Å². The first-order valence-electron chi connectivity index (χ1n) is 6.71. The fourth-order valence-electron chi connectivity index (χ4n) is 3.42. The number of nitrogens with one attached hydrogen (secondary N) is 1. The standard InChI is InChI=1S/C14H25NO2/c1-12(2)10(13(12,3)4)11(16)15-9-14(17)7-5-6-8-14/h10,17H,5-9H2,1-4H3,(H,15,16). The Hall–Kier alpha value is -0.570. The first-order chi connectivity index (χ1) is 7.71. The van der Waals surface area contributed by atoms with Crippen molar-refractivity contribution >= 4 is 5.91 Å². The van der Waals surface area contributed by atoms with Crippen molar-refractivity contribution in [3.8, 4) is 0 Å². The van der Waals surface area contributed by atoms with E-state index in [0.29, 0.717) is 6.54 Å². The molecule has 2 fully saturated rings. The zero-order valence-corrected chi connectivity index (χ0v) is 11.5. The van der Waals surface area contributed by atoms with Crippen LogP contribution in [0.25, 0.3) is 0 Å². The van der Waals surface area contributed by atoms with Gasteiger partial charge in [0, 0.05) is 12.5 Å². The molecule has 0 aromatic carbocycles. The predicted molar refractivity (Wildman–Crippen MR) is 67.5 cm³/mol. The molecule has 2 saturated carbocycles. The van der Waals surface area contributed by atoms with Crippen LogP contribution < -0.4 is 5.32 Å². The first kappa shape index (κ1) is 12.9. The molecule has 0 unspecified atom stereocenters. The highest BCUT2D eigenvalue weighted by atomic mass is 16.3. The van der Waals surface area contributed by atoms with Gasteiger partial charge in [0.25, 0.3) is 0 Å². The van der Waals surface area contributed by atoms with E-state index in [4.69, 9.17) is 0 Å². The highest BCUT2D eigenvalue weighted by Gasteiger charge is 2.68. The number of aliphatic hydroxyl groups is 1. The van der Waals surface area contributed by atoms with Crippen LogP contribution in [-0.2, 0) is 4.79 Å². The maximum atomic E-state index is 12.1. The average Bonchev–Trinajstić information content (AvgIpc) is 2.54. The lowest BCUT2D eigenvalue weighted by molar-refractivity contribution is -0.124. The highest BCUT2D eigenvalue weighted by Crippen LogP contribution is 2.68. The van der Waals surface area contributed by atoms with Crippen molar-refractivity contribution in [1.82, 2.24) is 5.32 Å². The number of rotatable bonds is 3. The molecule has 0 atom stereocenters.